The first-order valence-corrected chi connectivity index (χ1v) is 3.09. The molecule has 0 aliphatic rings. The van der Waals surface area contributed by atoms with Gasteiger partial charge in [0, 0.05) is 0 Å². The molecular formula is C6H6N4O. The van der Waals surface area contributed by atoms with E-state index >= 15 is 0 Å². The maximum Gasteiger partial charge on any atom is 0.273 e. The highest BCUT2D eigenvalue weighted by Crippen LogP contribution is 2.09. The van der Waals surface area contributed by atoms with Crippen LogP contribution in [-0.2, 0) is 0 Å². The summed E-state index contributed by atoms with van der Waals surface area (Å²) in [6.45, 7) is 0. The molecule has 2 rings (SSSR count). The fourth-order valence-corrected chi connectivity index (χ4v) is 0.998. The smallest absolute Gasteiger partial charge is 0.273 e. The van der Waals surface area contributed by atoms with Crippen LogP contribution in [0.3, 0.4) is 0 Å². The molecule has 11 heavy (non-hydrogen) atoms. The number of hydrogen-bond donors (Lipinski definition) is 3. The summed E-state index contributed by atoms with van der Waals surface area (Å²) in [6, 6.07) is 1.58. The molecule has 5 nitrogen and oxygen atoms in total. The van der Waals surface area contributed by atoms with Crippen LogP contribution in [0, 0.1) is 0 Å². The molecule has 5 heteroatoms. The van der Waals surface area contributed by atoms with Crippen LogP contribution in [-0.4, -0.2) is 15.2 Å². The lowest BCUT2D eigenvalue weighted by Crippen LogP contribution is -2.05. The average molecular weight is 150 g/mol. The van der Waals surface area contributed by atoms with Crippen molar-refractivity contribution in [3.63, 3.8) is 0 Å². The Bertz CT molecular complexity index is 441. The minimum Gasteiger partial charge on any atom is -0.385 e. The maximum absolute atomic E-state index is 11.0. The molecule has 0 aromatic carbocycles. The normalized spacial score (nSPS) is 10.5. The van der Waals surface area contributed by atoms with E-state index in [0.29, 0.717) is 16.7 Å². The van der Waals surface area contributed by atoms with Gasteiger partial charge in [-0.3, -0.25) is 4.79 Å². The van der Waals surface area contributed by atoms with Crippen molar-refractivity contribution in [1.82, 2.24) is 15.2 Å². The Morgan fingerprint density at radius 2 is 2.36 bits per heavy atom. The molecule has 0 saturated heterocycles. The zero-order valence-corrected chi connectivity index (χ0v) is 5.59. The van der Waals surface area contributed by atoms with Gasteiger partial charge >= 0.3 is 0 Å². The summed E-state index contributed by atoms with van der Waals surface area (Å²) >= 11 is 0. The van der Waals surface area contributed by atoms with Crippen LogP contribution in [0.15, 0.2) is 17.1 Å². The highest BCUT2D eigenvalue weighted by Gasteiger charge is 2.00. The number of H-pyrrole nitrogens is 2. The third-order valence-electron chi connectivity index (χ3n) is 1.47. The summed E-state index contributed by atoms with van der Waals surface area (Å²) in [5.74, 6) is 0.471. The summed E-state index contributed by atoms with van der Waals surface area (Å²) in [7, 11) is 0. The maximum atomic E-state index is 11.0. The molecule has 0 saturated carbocycles. The lowest BCUT2D eigenvalue weighted by Gasteiger charge is -1.83. The number of rotatable bonds is 0. The van der Waals surface area contributed by atoms with Crippen molar-refractivity contribution >= 4 is 16.7 Å². The second kappa shape index (κ2) is 1.85. The Hall–Kier alpha value is -1.78. The number of aromatic amines is 2. The Kier molecular flexibility index (Phi) is 1.00. The summed E-state index contributed by atoms with van der Waals surface area (Å²) in [4.78, 5) is 13.8. The number of anilines is 1. The van der Waals surface area contributed by atoms with Crippen LogP contribution >= 0.6 is 0 Å². The van der Waals surface area contributed by atoms with Gasteiger partial charge in [0.05, 0.1) is 17.1 Å². The molecule has 0 atom stereocenters. The van der Waals surface area contributed by atoms with E-state index < -0.39 is 0 Å². The third kappa shape index (κ3) is 0.778. The quantitative estimate of drug-likeness (QED) is 0.487. The minimum absolute atomic E-state index is 0.226. The van der Waals surface area contributed by atoms with Crippen LogP contribution in [0.2, 0.25) is 0 Å². The van der Waals surface area contributed by atoms with Crippen molar-refractivity contribution in [2.45, 2.75) is 0 Å². The topological polar surface area (TPSA) is 87.6 Å². The molecule has 0 aliphatic carbocycles. The number of fused-ring (bicyclic) bond motifs is 1. The van der Waals surface area contributed by atoms with Crippen molar-refractivity contribution in [2.75, 3.05) is 5.73 Å². The van der Waals surface area contributed by atoms with Gasteiger partial charge in [-0.2, -0.15) is 5.10 Å². The monoisotopic (exact) mass is 150 g/mol. The molecule has 56 valence electrons. The van der Waals surface area contributed by atoms with Crippen LogP contribution in [0.5, 0.6) is 0 Å². The Labute approximate surface area is 61.2 Å². The summed E-state index contributed by atoms with van der Waals surface area (Å²) < 4.78 is 0. The molecule has 2 heterocycles. The van der Waals surface area contributed by atoms with Gasteiger partial charge in [-0.25, -0.2) is 5.10 Å². The largest absolute Gasteiger partial charge is 0.385 e. The summed E-state index contributed by atoms with van der Waals surface area (Å²) in [5, 5.41) is 6.45. The van der Waals surface area contributed by atoms with Gasteiger partial charge in [-0.15, -0.1) is 0 Å². The van der Waals surface area contributed by atoms with E-state index in [4.69, 9.17) is 5.73 Å². The Morgan fingerprint density at radius 3 is 3.09 bits per heavy atom. The fraction of sp³-hybridized carbons (Fsp3) is 0. The summed E-state index contributed by atoms with van der Waals surface area (Å²) in [6.07, 6.45) is 1.52. The van der Waals surface area contributed by atoms with Crippen molar-refractivity contribution in [1.29, 1.82) is 0 Å². The van der Waals surface area contributed by atoms with E-state index in [1.54, 1.807) is 6.07 Å². The van der Waals surface area contributed by atoms with Gasteiger partial charge in [0.1, 0.15) is 5.82 Å². The van der Waals surface area contributed by atoms with Gasteiger partial charge in [-0.05, 0) is 6.07 Å². The molecule has 0 amide bonds. The van der Waals surface area contributed by atoms with E-state index in [1.165, 1.54) is 6.20 Å². The molecule has 2 aromatic rings. The van der Waals surface area contributed by atoms with Crippen LogP contribution in [0.25, 0.3) is 10.9 Å². The van der Waals surface area contributed by atoms with Crippen LogP contribution < -0.4 is 11.3 Å². The molecular weight excluding hydrogens is 144 g/mol. The molecule has 0 aliphatic heterocycles. The number of hydrogen-bond acceptors (Lipinski definition) is 3. The highest BCUT2D eigenvalue weighted by molar-refractivity contribution is 5.81. The van der Waals surface area contributed by atoms with Gasteiger partial charge < -0.3 is 10.7 Å². The number of nitrogens with one attached hydrogen (secondary N) is 2. The molecule has 4 N–H and O–H groups in total. The highest BCUT2D eigenvalue weighted by atomic mass is 16.1. The first kappa shape index (κ1) is 5.96. The van der Waals surface area contributed by atoms with E-state index in [2.05, 4.69) is 15.2 Å². The van der Waals surface area contributed by atoms with Crippen molar-refractivity contribution in [3.05, 3.63) is 22.6 Å². The lowest BCUT2D eigenvalue weighted by atomic mass is 10.4. The van der Waals surface area contributed by atoms with Crippen LogP contribution in [0.1, 0.15) is 0 Å². The summed E-state index contributed by atoms with van der Waals surface area (Å²) in [5.41, 5.74) is 5.86. The van der Waals surface area contributed by atoms with Crippen LogP contribution in [0.4, 0.5) is 5.82 Å². The van der Waals surface area contributed by atoms with Gasteiger partial charge in [0.25, 0.3) is 5.56 Å². The minimum atomic E-state index is -0.226. The van der Waals surface area contributed by atoms with E-state index in [-0.39, 0.29) is 5.56 Å². The SMILES string of the molecule is Nc1cc2c(=O)[nH]ncc2[nH]1. The average Bonchev–Trinajstić information content (AvgIpc) is 2.31. The molecule has 0 radical (unpaired) electrons. The van der Waals surface area contributed by atoms with Gasteiger partial charge in [0.2, 0.25) is 0 Å². The number of nitrogen functional groups attached to an aromatic ring is 1. The number of nitrogens with two attached hydrogens (primary N) is 1. The van der Waals surface area contributed by atoms with Crippen molar-refractivity contribution in [3.8, 4) is 0 Å². The van der Waals surface area contributed by atoms with Crippen molar-refractivity contribution in [2.24, 2.45) is 0 Å². The Morgan fingerprint density at radius 1 is 1.55 bits per heavy atom. The molecule has 0 unspecified atom stereocenters. The third-order valence-corrected chi connectivity index (χ3v) is 1.47. The standard InChI is InChI=1S/C6H6N4O/c7-5-1-3-4(9-5)2-8-10-6(3)11/h1-2,9H,7H2,(H,10,11). The van der Waals surface area contributed by atoms with E-state index in [0.717, 1.165) is 0 Å². The number of nitrogens with zero attached hydrogens (tertiary/aromatic N) is 1. The van der Waals surface area contributed by atoms with Crippen molar-refractivity contribution < 1.29 is 0 Å². The molecule has 0 spiro atoms. The molecule has 0 fully saturated rings. The first-order chi connectivity index (χ1) is 5.27. The fourth-order valence-electron chi connectivity index (χ4n) is 0.998. The Balaban J connectivity index is 3.02. The van der Waals surface area contributed by atoms with Gasteiger partial charge in [0.15, 0.2) is 0 Å². The molecule has 0 bridgehead atoms. The second-order valence-electron chi connectivity index (χ2n) is 2.25. The lowest BCUT2D eigenvalue weighted by molar-refractivity contribution is 1.01. The zero-order chi connectivity index (χ0) is 7.84. The van der Waals surface area contributed by atoms with E-state index in [9.17, 15) is 4.79 Å². The number of aromatic nitrogens is 3. The predicted molar refractivity (Wildman–Crippen MR) is 41.1 cm³/mol. The zero-order valence-electron chi connectivity index (χ0n) is 5.59. The van der Waals surface area contributed by atoms with Gasteiger partial charge in [-0.1, -0.05) is 0 Å². The molecule has 2 aromatic heterocycles. The first-order valence-electron chi connectivity index (χ1n) is 3.09. The van der Waals surface area contributed by atoms with E-state index in [1.807, 2.05) is 0 Å². The second-order valence-corrected chi connectivity index (χ2v) is 2.25. The predicted octanol–water partition coefficient (Wildman–Crippen LogP) is -0.167.